The minimum Gasteiger partial charge on any atom is -0.394 e. The van der Waals surface area contributed by atoms with E-state index in [9.17, 15) is 14.0 Å². The summed E-state index contributed by atoms with van der Waals surface area (Å²) in [4.78, 5) is 23.8. The standard InChI is InChI=1S/C15H21FN2O3/c1-9(8-19)17-13(20)11-7-10(5-6-12(11)16)18-14(21)15(2,3)4/h5-7,9,19H,8H2,1-4H3,(H,17,20)(H,18,21). The van der Waals surface area contributed by atoms with E-state index < -0.39 is 23.2 Å². The maximum Gasteiger partial charge on any atom is 0.254 e. The first kappa shape index (κ1) is 17.1. The summed E-state index contributed by atoms with van der Waals surface area (Å²) in [5.41, 5.74) is -0.428. The Balaban J connectivity index is 2.95. The Labute approximate surface area is 123 Å². The van der Waals surface area contributed by atoms with Crippen molar-refractivity contribution < 1.29 is 19.1 Å². The molecule has 1 atom stereocenters. The molecule has 0 heterocycles. The van der Waals surface area contributed by atoms with E-state index in [1.165, 1.54) is 12.1 Å². The van der Waals surface area contributed by atoms with E-state index >= 15 is 0 Å². The van der Waals surface area contributed by atoms with Crippen LogP contribution in [0, 0.1) is 11.2 Å². The average Bonchev–Trinajstić information content (AvgIpc) is 2.39. The molecule has 1 aromatic rings. The van der Waals surface area contributed by atoms with Gasteiger partial charge in [0.05, 0.1) is 12.2 Å². The fraction of sp³-hybridized carbons (Fsp3) is 0.467. The maximum atomic E-state index is 13.7. The monoisotopic (exact) mass is 296 g/mol. The van der Waals surface area contributed by atoms with Gasteiger partial charge in [0.1, 0.15) is 5.82 Å². The summed E-state index contributed by atoms with van der Waals surface area (Å²) >= 11 is 0. The van der Waals surface area contributed by atoms with Gasteiger partial charge in [0.2, 0.25) is 5.91 Å². The van der Waals surface area contributed by atoms with Crippen LogP contribution in [-0.4, -0.2) is 29.6 Å². The van der Waals surface area contributed by atoms with E-state index in [-0.39, 0.29) is 18.1 Å². The Morgan fingerprint density at radius 3 is 2.48 bits per heavy atom. The van der Waals surface area contributed by atoms with Crippen LogP contribution >= 0.6 is 0 Å². The zero-order valence-corrected chi connectivity index (χ0v) is 12.7. The van der Waals surface area contributed by atoms with Gasteiger partial charge in [0.25, 0.3) is 5.91 Å². The minimum absolute atomic E-state index is 0.179. The summed E-state index contributed by atoms with van der Waals surface area (Å²) < 4.78 is 13.7. The lowest BCUT2D eigenvalue weighted by Gasteiger charge is -2.18. The molecular formula is C15H21FN2O3. The van der Waals surface area contributed by atoms with Gasteiger partial charge >= 0.3 is 0 Å². The molecule has 0 radical (unpaired) electrons. The second-order valence-electron chi connectivity index (χ2n) is 5.96. The molecule has 0 saturated heterocycles. The number of hydrogen-bond donors (Lipinski definition) is 3. The van der Waals surface area contributed by atoms with Crippen LogP contribution in [0.25, 0.3) is 0 Å². The van der Waals surface area contributed by atoms with Crippen molar-refractivity contribution in [1.29, 1.82) is 0 Å². The number of hydrogen-bond acceptors (Lipinski definition) is 3. The van der Waals surface area contributed by atoms with E-state index in [4.69, 9.17) is 5.11 Å². The first-order valence-electron chi connectivity index (χ1n) is 6.68. The topological polar surface area (TPSA) is 78.4 Å². The second kappa shape index (κ2) is 6.67. The molecule has 2 amide bonds. The van der Waals surface area contributed by atoms with Gasteiger partial charge in [0.15, 0.2) is 0 Å². The van der Waals surface area contributed by atoms with Crippen LogP contribution in [0.5, 0.6) is 0 Å². The number of anilines is 1. The molecule has 21 heavy (non-hydrogen) atoms. The molecule has 0 aromatic heterocycles. The SMILES string of the molecule is CC(CO)NC(=O)c1cc(NC(=O)C(C)(C)C)ccc1F. The fourth-order valence-electron chi connectivity index (χ4n) is 1.44. The molecule has 0 aliphatic rings. The summed E-state index contributed by atoms with van der Waals surface area (Å²) in [6.07, 6.45) is 0. The van der Waals surface area contributed by atoms with Gasteiger partial charge in [-0.05, 0) is 25.1 Å². The van der Waals surface area contributed by atoms with Crippen LogP contribution in [0.1, 0.15) is 38.1 Å². The smallest absolute Gasteiger partial charge is 0.254 e. The molecule has 3 N–H and O–H groups in total. The number of aliphatic hydroxyl groups excluding tert-OH is 1. The molecule has 5 nitrogen and oxygen atoms in total. The summed E-state index contributed by atoms with van der Waals surface area (Å²) in [6, 6.07) is 3.31. The molecular weight excluding hydrogens is 275 g/mol. The predicted molar refractivity (Wildman–Crippen MR) is 78.5 cm³/mol. The zero-order valence-electron chi connectivity index (χ0n) is 12.7. The van der Waals surface area contributed by atoms with Gasteiger partial charge in [0, 0.05) is 17.1 Å². The van der Waals surface area contributed by atoms with E-state index in [1.54, 1.807) is 27.7 Å². The van der Waals surface area contributed by atoms with Gasteiger partial charge < -0.3 is 15.7 Å². The molecule has 1 rings (SSSR count). The van der Waals surface area contributed by atoms with Crippen molar-refractivity contribution in [3.05, 3.63) is 29.6 Å². The highest BCUT2D eigenvalue weighted by molar-refractivity contribution is 5.98. The van der Waals surface area contributed by atoms with E-state index in [0.29, 0.717) is 5.69 Å². The first-order valence-corrected chi connectivity index (χ1v) is 6.68. The first-order chi connectivity index (χ1) is 9.65. The maximum absolute atomic E-state index is 13.7. The number of aliphatic hydroxyl groups is 1. The van der Waals surface area contributed by atoms with Gasteiger partial charge in [-0.3, -0.25) is 9.59 Å². The largest absolute Gasteiger partial charge is 0.394 e. The van der Waals surface area contributed by atoms with Crippen molar-refractivity contribution in [3.63, 3.8) is 0 Å². The second-order valence-corrected chi connectivity index (χ2v) is 5.96. The van der Waals surface area contributed by atoms with Crippen molar-refractivity contribution in [2.75, 3.05) is 11.9 Å². The van der Waals surface area contributed by atoms with Crippen molar-refractivity contribution in [2.45, 2.75) is 33.7 Å². The van der Waals surface area contributed by atoms with Crippen molar-refractivity contribution in [2.24, 2.45) is 5.41 Å². The number of carbonyl (C=O) groups is 2. The molecule has 1 unspecified atom stereocenters. The Morgan fingerprint density at radius 2 is 1.95 bits per heavy atom. The normalized spacial score (nSPS) is 12.7. The lowest BCUT2D eigenvalue weighted by molar-refractivity contribution is -0.123. The summed E-state index contributed by atoms with van der Waals surface area (Å²) in [7, 11) is 0. The Morgan fingerprint density at radius 1 is 1.33 bits per heavy atom. The number of carbonyl (C=O) groups excluding carboxylic acids is 2. The molecule has 0 fully saturated rings. The van der Waals surface area contributed by atoms with E-state index in [1.807, 2.05) is 0 Å². The summed E-state index contributed by atoms with van der Waals surface area (Å²) in [5.74, 6) is -1.56. The predicted octanol–water partition coefficient (Wildman–Crippen LogP) is 1.92. The van der Waals surface area contributed by atoms with Crippen LogP contribution in [0.15, 0.2) is 18.2 Å². The van der Waals surface area contributed by atoms with Gasteiger partial charge in [-0.15, -0.1) is 0 Å². The third-order valence-corrected chi connectivity index (χ3v) is 2.80. The van der Waals surface area contributed by atoms with E-state index in [0.717, 1.165) is 6.07 Å². The number of benzene rings is 1. The quantitative estimate of drug-likeness (QED) is 0.794. The Bertz CT molecular complexity index is 538. The molecule has 0 bridgehead atoms. The highest BCUT2D eigenvalue weighted by Crippen LogP contribution is 2.19. The number of halogens is 1. The molecule has 1 aromatic carbocycles. The van der Waals surface area contributed by atoms with Crippen LogP contribution in [0.4, 0.5) is 10.1 Å². The van der Waals surface area contributed by atoms with Crippen LogP contribution in [0.3, 0.4) is 0 Å². The highest BCUT2D eigenvalue weighted by atomic mass is 19.1. The van der Waals surface area contributed by atoms with Gasteiger partial charge in [-0.1, -0.05) is 20.8 Å². The van der Waals surface area contributed by atoms with Crippen molar-refractivity contribution >= 4 is 17.5 Å². The Hall–Kier alpha value is -1.95. The van der Waals surface area contributed by atoms with Crippen LogP contribution < -0.4 is 10.6 Å². The van der Waals surface area contributed by atoms with Crippen molar-refractivity contribution in [3.8, 4) is 0 Å². The molecule has 6 heteroatoms. The minimum atomic E-state index is -0.689. The zero-order chi connectivity index (χ0) is 16.2. The number of amides is 2. The third kappa shape index (κ3) is 4.82. The number of nitrogens with one attached hydrogen (secondary N) is 2. The fourth-order valence-corrected chi connectivity index (χ4v) is 1.44. The Kier molecular flexibility index (Phi) is 5.43. The molecule has 0 aliphatic carbocycles. The lowest BCUT2D eigenvalue weighted by Crippen LogP contribution is -2.35. The molecule has 0 aliphatic heterocycles. The summed E-state index contributed by atoms with van der Waals surface area (Å²) in [5, 5.41) is 14.0. The van der Waals surface area contributed by atoms with Gasteiger partial charge in [-0.2, -0.15) is 0 Å². The molecule has 0 spiro atoms. The van der Waals surface area contributed by atoms with Gasteiger partial charge in [-0.25, -0.2) is 4.39 Å². The molecule has 0 saturated carbocycles. The average molecular weight is 296 g/mol. The lowest BCUT2D eigenvalue weighted by atomic mass is 9.95. The molecule has 116 valence electrons. The van der Waals surface area contributed by atoms with E-state index in [2.05, 4.69) is 10.6 Å². The third-order valence-electron chi connectivity index (χ3n) is 2.80. The highest BCUT2D eigenvalue weighted by Gasteiger charge is 2.22. The number of rotatable bonds is 4. The summed E-state index contributed by atoms with van der Waals surface area (Å²) in [6.45, 7) is 6.61. The van der Waals surface area contributed by atoms with Crippen LogP contribution in [-0.2, 0) is 4.79 Å². The van der Waals surface area contributed by atoms with Crippen molar-refractivity contribution in [1.82, 2.24) is 5.32 Å². The van der Waals surface area contributed by atoms with Crippen LogP contribution in [0.2, 0.25) is 0 Å².